The first-order chi connectivity index (χ1) is 30.9. The molecule has 0 fully saturated rings. The van der Waals surface area contributed by atoms with Gasteiger partial charge in [0.25, 0.3) is 0 Å². The monoisotopic (exact) mass is 810 g/mol. The standard InChI is InChI=1S/C61H50N2/c1-41(40-58(50-22-10-6-11-23-50)62-43(3)46-20-8-5-9-21-46)45-32-36-48(37-33-45)49-38-34-47(35-39-49)44(4)63-60(51-24-12-7-13-25-51)59-42(2)52-26-14-17-29-55(52)61(59)56-30-18-15-27-53(56)54-28-16-19-31-57(54)61/h5-6,8-12,14-24,26-40,51H,1,4,7,13,25H2,2-3H3/b58-40-,62-43?,63-60?. The van der Waals surface area contributed by atoms with Crippen LogP contribution < -0.4 is 0 Å². The quantitative estimate of drug-likeness (QED) is 0.0747. The van der Waals surface area contributed by atoms with Gasteiger partial charge < -0.3 is 0 Å². The number of nitrogens with zero attached hydrogens (tertiary/aromatic N) is 2. The molecule has 0 saturated heterocycles. The Morgan fingerprint density at radius 1 is 0.556 bits per heavy atom. The molecule has 2 heteroatoms. The van der Waals surface area contributed by atoms with Crippen molar-refractivity contribution >= 4 is 34.0 Å². The van der Waals surface area contributed by atoms with Gasteiger partial charge in [0.2, 0.25) is 0 Å². The summed E-state index contributed by atoms with van der Waals surface area (Å²) in [6, 6.07) is 65.0. The number of hydrogen-bond acceptors (Lipinski definition) is 2. The van der Waals surface area contributed by atoms with E-state index in [0.717, 1.165) is 81.0 Å². The van der Waals surface area contributed by atoms with Crippen LogP contribution in [0.4, 0.5) is 0 Å². The molecule has 1 atom stereocenters. The number of benzene rings is 7. The van der Waals surface area contributed by atoms with Crippen LogP contribution in [0.2, 0.25) is 0 Å². The maximum atomic E-state index is 5.65. The first kappa shape index (κ1) is 39.7. The highest BCUT2D eigenvalue weighted by molar-refractivity contribution is 6.17. The lowest BCUT2D eigenvalue weighted by atomic mass is 9.66. The number of allylic oxidation sites excluding steroid dienone is 6. The molecule has 0 heterocycles. The van der Waals surface area contributed by atoms with Gasteiger partial charge in [-0.3, -0.25) is 9.98 Å². The van der Waals surface area contributed by atoms with Crippen LogP contribution in [-0.2, 0) is 5.41 Å². The van der Waals surface area contributed by atoms with Crippen LogP contribution in [0.3, 0.4) is 0 Å². The Balaban J connectivity index is 0.973. The molecular weight excluding hydrogens is 761 g/mol. The number of hydrogen-bond donors (Lipinski definition) is 0. The van der Waals surface area contributed by atoms with Crippen LogP contribution in [0, 0.1) is 5.92 Å². The van der Waals surface area contributed by atoms with Crippen molar-refractivity contribution in [3.8, 4) is 22.3 Å². The maximum absolute atomic E-state index is 5.65. The number of fused-ring (bicyclic) bond motifs is 7. The second-order valence-corrected chi connectivity index (χ2v) is 16.9. The molecule has 0 amide bonds. The Hall–Kier alpha value is -7.42. The first-order valence-electron chi connectivity index (χ1n) is 22.1. The van der Waals surface area contributed by atoms with Crippen LogP contribution in [0.15, 0.2) is 229 Å². The topological polar surface area (TPSA) is 24.7 Å². The molecular formula is C61H50N2. The van der Waals surface area contributed by atoms with Crippen molar-refractivity contribution in [2.75, 3.05) is 0 Å². The van der Waals surface area contributed by atoms with Crippen molar-refractivity contribution in [1.82, 2.24) is 0 Å². The van der Waals surface area contributed by atoms with Crippen LogP contribution >= 0.6 is 0 Å². The lowest BCUT2D eigenvalue weighted by molar-refractivity contribution is 0.648. The van der Waals surface area contributed by atoms with Gasteiger partial charge in [0.1, 0.15) is 0 Å². The molecule has 2 nitrogen and oxygen atoms in total. The molecule has 0 radical (unpaired) electrons. The van der Waals surface area contributed by atoms with Crippen molar-refractivity contribution < 1.29 is 0 Å². The van der Waals surface area contributed by atoms with E-state index < -0.39 is 5.41 Å². The predicted molar refractivity (Wildman–Crippen MR) is 268 cm³/mol. The second-order valence-electron chi connectivity index (χ2n) is 16.9. The fourth-order valence-electron chi connectivity index (χ4n) is 10.1. The second kappa shape index (κ2) is 16.8. The first-order valence-corrected chi connectivity index (χ1v) is 22.1. The normalized spacial score (nSPS) is 16.5. The Morgan fingerprint density at radius 3 is 1.63 bits per heavy atom. The zero-order valence-corrected chi connectivity index (χ0v) is 36.1. The van der Waals surface area contributed by atoms with Crippen molar-refractivity contribution in [1.29, 1.82) is 0 Å². The largest absolute Gasteiger partial charge is 0.252 e. The third-order valence-electron chi connectivity index (χ3n) is 13.2. The average Bonchev–Trinajstić information content (AvgIpc) is 3.79. The molecule has 0 aromatic heterocycles. The summed E-state index contributed by atoms with van der Waals surface area (Å²) >= 11 is 0. The highest BCUT2D eigenvalue weighted by Crippen LogP contribution is 2.62. The van der Waals surface area contributed by atoms with Crippen molar-refractivity contribution in [2.24, 2.45) is 15.9 Å². The fraction of sp³-hybridized carbons (Fsp3) is 0.115. The molecule has 304 valence electrons. The summed E-state index contributed by atoms with van der Waals surface area (Å²) in [6.07, 6.45) is 10.1. The van der Waals surface area contributed by atoms with Gasteiger partial charge in [-0.25, -0.2) is 0 Å². The van der Waals surface area contributed by atoms with Gasteiger partial charge in [-0.1, -0.05) is 207 Å². The molecule has 7 aromatic rings. The van der Waals surface area contributed by atoms with E-state index in [1.165, 1.54) is 44.5 Å². The molecule has 0 N–H and O–H groups in total. The number of rotatable bonds is 10. The van der Waals surface area contributed by atoms with Gasteiger partial charge >= 0.3 is 0 Å². The van der Waals surface area contributed by atoms with Crippen molar-refractivity contribution in [3.63, 3.8) is 0 Å². The summed E-state index contributed by atoms with van der Waals surface area (Å²) in [4.78, 5) is 10.7. The highest BCUT2D eigenvalue weighted by Gasteiger charge is 2.54. The summed E-state index contributed by atoms with van der Waals surface area (Å²) in [5, 5.41) is 0. The maximum Gasteiger partial charge on any atom is 0.0740 e. The van der Waals surface area contributed by atoms with Crippen molar-refractivity contribution in [2.45, 2.75) is 38.5 Å². The average molecular weight is 811 g/mol. The Kier molecular flexibility index (Phi) is 10.6. The van der Waals surface area contributed by atoms with E-state index in [4.69, 9.17) is 9.98 Å². The predicted octanol–water partition coefficient (Wildman–Crippen LogP) is 15.5. The van der Waals surface area contributed by atoms with Gasteiger partial charge in [-0.2, -0.15) is 0 Å². The minimum absolute atomic E-state index is 0.178. The Labute approximate surface area is 372 Å². The van der Waals surface area contributed by atoms with Gasteiger partial charge in [-0.05, 0) is 117 Å². The van der Waals surface area contributed by atoms with E-state index >= 15 is 0 Å². The van der Waals surface area contributed by atoms with Crippen LogP contribution in [0.5, 0.6) is 0 Å². The van der Waals surface area contributed by atoms with Gasteiger partial charge in [0.05, 0.1) is 22.5 Å². The molecule has 63 heavy (non-hydrogen) atoms. The summed E-state index contributed by atoms with van der Waals surface area (Å²) in [5.41, 5.74) is 21.2. The molecule has 1 unspecified atom stereocenters. The molecule has 7 aromatic carbocycles. The molecule has 10 rings (SSSR count). The van der Waals surface area contributed by atoms with E-state index in [9.17, 15) is 0 Å². The smallest absolute Gasteiger partial charge is 0.0740 e. The SMILES string of the molecule is C=C(/C=C(\N=C(C)c1ccccc1)c1ccccc1)c1ccc(-c2ccc(C(=C)N=C(C3=C(C)c4ccccc4C34c3ccccc3-c3ccccc34)C3C=CCCC3)cc2)cc1. The third kappa shape index (κ3) is 7.12. The summed E-state index contributed by atoms with van der Waals surface area (Å²) < 4.78 is 0. The molecule has 0 saturated carbocycles. The van der Waals surface area contributed by atoms with Gasteiger partial charge in [-0.15, -0.1) is 0 Å². The zero-order valence-electron chi connectivity index (χ0n) is 36.1. The van der Waals surface area contributed by atoms with E-state index in [1.54, 1.807) is 0 Å². The minimum atomic E-state index is -0.465. The molecule has 3 aliphatic rings. The van der Waals surface area contributed by atoms with Crippen LogP contribution in [0.25, 0.3) is 44.8 Å². The lowest BCUT2D eigenvalue weighted by Gasteiger charge is -2.35. The van der Waals surface area contributed by atoms with Crippen molar-refractivity contribution in [3.05, 3.63) is 263 Å². The highest BCUT2D eigenvalue weighted by atomic mass is 14.8. The molecule has 0 bridgehead atoms. The minimum Gasteiger partial charge on any atom is -0.252 e. The zero-order chi connectivity index (χ0) is 42.9. The molecule has 1 spiro atoms. The number of aliphatic imine (C=N–C) groups is 2. The molecule has 3 aliphatic carbocycles. The Bertz CT molecular complexity index is 3000. The van der Waals surface area contributed by atoms with E-state index in [2.05, 4.69) is 191 Å². The van der Waals surface area contributed by atoms with E-state index in [0.29, 0.717) is 0 Å². The summed E-state index contributed by atoms with van der Waals surface area (Å²) in [7, 11) is 0. The molecule has 0 aliphatic heterocycles. The van der Waals surface area contributed by atoms with Gasteiger partial charge in [0, 0.05) is 17.2 Å². The van der Waals surface area contributed by atoms with Crippen LogP contribution in [-0.4, -0.2) is 11.4 Å². The summed E-state index contributed by atoms with van der Waals surface area (Å²) in [6.45, 7) is 13.5. The fourth-order valence-corrected chi connectivity index (χ4v) is 10.1. The summed E-state index contributed by atoms with van der Waals surface area (Å²) in [5.74, 6) is 0.178. The Morgan fingerprint density at radius 2 is 1.06 bits per heavy atom. The lowest BCUT2D eigenvalue weighted by Crippen LogP contribution is -2.34. The van der Waals surface area contributed by atoms with Crippen LogP contribution in [0.1, 0.15) is 77.6 Å². The van der Waals surface area contributed by atoms with E-state index in [1.807, 2.05) is 36.4 Å². The third-order valence-corrected chi connectivity index (χ3v) is 13.2. The van der Waals surface area contributed by atoms with E-state index in [-0.39, 0.29) is 5.92 Å². The van der Waals surface area contributed by atoms with Gasteiger partial charge in [0.15, 0.2) is 0 Å².